The molecule has 21 heavy (non-hydrogen) atoms. The number of aromatic nitrogens is 3. The van der Waals surface area contributed by atoms with Crippen molar-refractivity contribution in [2.75, 3.05) is 0 Å². The minimum atomic E-state index is -0.322. The Labute approximate surface area is 123 Å². The highest BCUT2D eigenvalue weighted by molar-refractivity contribution is 5.36. The summed E-state index contributed by atoms with van der Waals surface area (Å²) in [6.07, 6.45) is 1.51. The number of ether oxygens (including phenoxy) is 1. The largest absolute Gasteiger partial charge is 0.485 e. The maximum Gasteiger partial charge on any atom is 0.164 e. The van der Waals surface area contributed by atoms with Crippen LogP contribution in [0, 0.1) is 11.7 Å². The van der Waals surface area contributed by atoms with E-state index in [0.29, 0.717) is 17.2 Å². The lowest BCUT2D eigenvalue weighted by Crippen LogP contribution is -2.13. The Balaban J connectivity index is 2.12. The Bertz CT molecular complexity index is 595. The molecule has 0 aliphatic carbocycles. The number of benzene rings is 1. The van der Waals surface area contributed by atoms with Crippen molar-refractivity contribution < 1.29 is 9.13 Å². The quantitative estimate of drug-likeness (QED) is 0.889. The van der Waals surface area contributed by atoms with E-state index in [1.165, 1.54) is 18.5 Å². The molecule has 2 aromatic rings. The second kappa shape index (κ2) is 6.67. The van der Waals surface area contributed by atoms with E-state index in [0.717, 1.165) is 12.4 Å². The summed E-state index contributed by atoms with van der Waals surface area (Å²) in [6.45, 7) is 7.07. The van der Waals surface area contributed by atoms with Gasteiger partial charge in [-0.25, -0.2) is 14.1 Å². The van der Waals surface area contributed by atoms with Crippen molar-refractivity contribution in [1.29, 1.82) is 0 Å². The van der Waals surface area contributed by atoms with Gasteiger partial charge in [-0.05, 0) is 31.0 Å². The van der Waals surface area contributed by atoms with Gasteiger partial charge in [0.25, 0.3) is 0 Å². The van der Waals surface area contributed by atoms with Crippen LogP contribution in [0.15, 0.2) is 24.5 Å². The van der Waals surface area contributed by atoms with Gasteiger partial charge in [-0.1, -0.05) is 13.8 Å². The lowest BCUT2D eigenvalue weighted by atomic mass is 10.1. The molecule has 1 atom stereocenters. The molecule has 0 amide bonds. The predicted octanol–water partition coefficient (Wildman–Crippen LogP) is 2.67. The Morgan fingerprint density at radius 3 is 2.76 bits per heavy atom. The lowest BCUT2D eigenvalue weighted by molar-refractivity contribution is 0.278. The van der Waals surface area contributed by atoms with Crippen LogP contribution in [0.3, 0.4) is 0 Å². The van der Waals surface area contributed by atoms with Crippen LogP contribution in [-0.2, 0) is 13.2 Å². The second-order valence-corrected chi connectivity index (χ2v) is 5.51. The molecule has 1 aromatic carbocycles. The zero-order valence-corrected chi connectivity index (χ0v) is 12.6. The Morgan fingerprint density at radius 1 is 1.33 bits per heavy atom. The monoisotopic (exact) mass is 292 g/mol. The van der Waals surface area contributed by atoms with Crippen LogP contribution in [0.25, 0.3) is 0 Å². The second-order valence-electron chi connectivity index (χ2n) is 5.51. The number of nitrogens with zero attached hydrogens (tertiary/aromatic N) is 3. The fourth-order valence-corrected chi connectivity index (χ4v) is 2.05. The van der Waals surface area contributed by atoms with Crippen LogP contribution < -0.4 is 10.5 Å². The summed E-state index contributed by atoms with van der Waals surface area (Å²) in [7, 11) is 0. The average Bonchev–Trinajstić information content (AvgIpc) is 2.83. The van der Waals surface area contributed by atoms with Crippen LogP contribution in [0.2, 0.25) is 0 Å². The highest BCUT2D eigenvalue weighted by Gasteiger charge is 2.12. The van der Waals surface area contributed by atoms with Crippen LogP contribution in [-0.4, -0.2) is 14.8 Å². The Hall–Kier alpha value is -1.95. The van der Waals surface area contributed by atoms with Gasteiger partial charge in [-0.15, -0.1) is 0 Å². The Morgan fingerprint density at radius 2 is 2.10 bits per heavy atom. The molecule has 0 aliphatic heterocycles. The highest BCUT2D eigenvalue weighted by atomic mass is 19.1. The number of hydrogen-bond donors (Lipinski definition) is 1. The molecule has 114 valence electrons. The van der Waals surface area contributed by atoms with Gasteiger partial charge in [0, 0.05) is 18.2 Å². The van der Waals surface area contributed by atoms with E-state index in [4.69, 9.17) is 10.5 Å². The van der Waals surface area contributed by atoms with E-state index in [1.807, 2.05) is 4.68 Å². The summed E-state index contributed by atoms with van der Waals surface area (Å²) in [4.78, 5) is 4.20. The SMILES string of the molecule is CC(C)Cn1ncnc1COc1ccc(F)cc1[C@@H](C)N. The molecule has 0 saturated heterocycles. The third kappa shape index (κ3) is 4.01. The molecule has 0 fully saturated rings. The molecule has 0 radical (unpaired) electrons. The topological polar surface area (TPSA) is 66.0 Å². The van der Waals surface area contributed by atoms with Gasteiger partial charge in [-0.2, -0.15) is 5.10 Å². The van der Waals surface area contributed by atoms with E-state index in [1.54, 1.807) is 13.0 Å². The third-order valence-electron chi connectivity index (χ3n) is 3.05. The first kappa shape index (κ1) is 15.4. The molecule has 0 unspecified atom stereocenters. The van der Waals surface area contributed by atoms with E-state index >= 15 is 0 Å². The molecule has 2 N–H and O–H groups in total. The predicted molar refractivity (Wildman–Crippen MR) is 78.2 cm³/mol. The normalized spacial score (nSPS) is 12.7. The molecule has 0 bridgehead atoms. The number of nitrogens with two attached hydrogens (primary N) is 1. The van der Waals surface area contributed by atoms with E-state index in [9.17, 15) is 4.39 Å². The zero-order valence-electron chi connectivity index (χ0n) is 12.6. The van der Waals surface area contributed by atoms with Crippen LogP contribution in [0.1, 0.15) is 38.2 Å². The van der Waals surface area contributed by atoms with Crippen LogP contribution in [0.5, 0.6) is 5.75 Å². The molecule has 0 spiro atoms. The molecule has 1 aromatic heterocycles. The molecule has 2 rings (SSSR count). The fraction of sp³-hybridized carbons (Fsp3) is 0.467. The summed E-state index contributed by atoms with van der Waals surface area (Å²) >= 11 is 0. The molecule has 6 heteroatoms. The molecule has 1 heterocycles. The van der Waals surface area contributed by atoms with Crippen molar-refractivity contribution in [2.45, 2.75) is 40.0 Å². The number of hydrogen-bond acceptors (Lipinski definition) is 4. The van der Waals surface area contributed by atoms with Crippen molar-refractivity contribution in [3.63, 3.8) is 0 Å². The van der Waals surface area contributed by atoms with Crippen molar-refractivity contribution in [3.8, 4) is 5.75 Å². The van der Waals surface area contributed by atoms with Crippen LogP contribution in [0.4, 0.5) is 4.39 Å². The van der Waals surface area contributed by atoms with E-state index < -0.39 is 0 Å². The average molecular weight is 292 g/mol. The fourth-order valence-electron chi connectivity index (χ4n) is 2.05. The minimum absolute atomic E-state index is 0.276. The molecular weight excluding hydrogens is 271 g/mol. The van der Waals surface area contributed by atoms with Gasteiger partial charge in [0.2, 0.25) is 0 Å². The first-order chi connectivity index (χ1) is 9.97. The molecule has 5 nitrogen and oxygen atoms in total. The van der Waals surface area contributed by atoms with Gasteiger partial charge < -0.3 is 10.5 Å². The maximum atomic E-state index is 13.3. The number of rotatable bonds is 6. The first-order valence-electron chi connectivity index (χ1n) is 7.02. The van der Waals surface area contributed by atoms with Crippen molar-refractivity contribution in [3.05, 3.63) is 41.7 Å². The Kier molecular flexibility index (Phi) is 4.90. The van der Waals surface area contributed by atoms with Crippen LogP contribution >= 0.6 is 0 Å². The summed E-state index contributed by atoms with van der Waals surface area (Å²) in [5, 5.41) is 4.18. The van der Waals surface area contributed by atoms with Gasteiger partial charge in [-0.3, -0.25) is 0 Å². The summed E-state index contributed by atoms with van der Waals surface area (Å²) < 4.78 is 20.9. The molecule has 0 saturated carbocycles. The van der Waals surface area contributed by atoms with Gasteiger partial charge in [0.05, 0.1) is 0 Å². The summed E-state index contributed by atoms with van der Waals surface area (Å²) in [5.41, 5.74) is 6.49. The lowest BCUT2D eigenvalue weighted by Gasteiger charge is -2.14. The zero-order chi connectivity index (χ0) is 15.4. The smallest absolute Gasteiger partial charge is 0.164 e. The standard InChI is InChI=1S/C15H21FN4O/c1-10(2)7-20-15(18-9-19-20)8-21-14-5-4-12(16)6-13(14)11(3)17/h4-6,9-11H,7-8,17H2,1-3H3/t11-/m1/s1. The minimum Gasteiger partial charge on any atom is -0.485 e. The summed E-state index contributed by atoms with van der Waals surface area (Å²) in [5.74, 6) is 1.46. The van der Waals surface area contributed by atoms with E-state index in [-0.39, 0.29) is 18.5 Å². The maximum absolute atomic E-state index is 13.3. The molecule has 0 aliphatic rings. The summed E-state index contributed by atoms with van der Waals surface area (Å²) in [6, 6.07) is 4.06. The van der Waals surface area contributed by atoms with Gasteiger partial charge >= 0.3 is 0 Å². The third-order valence-corrected chi connectivity index (χ3v) is 3.05. The van der Waals surface area contributed by atoms with Gasteiger partial charge in [0.15, 0.2) is 5.82 Å². The van der Waals surface area contributed by atoms with Crippen molar-refractivity contribution in [1.82, 2.24) is 14.8 Å². The molecular formula is C15H21FN4O. The first-order valence-corrected chi connectivity index (χ1v) is 7.02. The highest BCUT2D eigenvalue weighted by Crippen LogP contribution is 2.25. The van der Waals surface area contributed by atoms with Crippen molar-refractivity contribution >= 4 is 0 Å². The van der Waals surface area contributed by atoms with E-state index in [2.05, 4.69) is 23.9 Å². The number of halogens is 1. The van der Waals surface area contributed by atoms with Crippen molar-refractivity contribution in [2.24, 2.45) is 11.7 Å². The van der Waals surface area contributed by atoms with Gasteiger partial charge in [0.1, 0.15) is 24.5 Å².